The standard InChI is InChI=1S/C17H19N5O2/c1-11-8-18-21(9-11)10-13-3-2-6-22(13)16(23)12-4-5-14-15(7-12)20-17(24)19-14/h4-5,7-9,13H,2-3,6,10H2,1H3,(H2,19,20,24)/t13-/m0/s1. The molecule has 1 aliphatic rings. The number of aromatic nitrogens is 4. The number of imidazole rings is 1. The summed E-state index contributed by atoms with van der Waals surface area (Å²) in [7, 11) is 0. The lowest BCUT2D eigenvalue weighted by atomic mass is 10.1. The van der Waals surface area contributed by atoms with Crippen molar-refractivity contribution in [2.45, 2.75) is 32.4 Å². The van der Waals surface area contributed by atoms with Crippen molar-refractivity contribution in [1.82, 2.24) is 24.6 Å². The van der Waals surface area contributed by atoms with Gasteiger partial charge in [-0.15, -0.1) is 0 Å². The maximum atomic E-state index is 12.9. The highest BCUT2D eigenvalue weighted by Gasteiger charge is 2.30. The van der Waals surface area contributed by atoms with Gasteiger partial charge in [0.15, 0.2) is 0 Å². The third kappa shape index (κ3) is 2.62. The first-order valence-corrected chi connectivity index (χ1v) is 8.12. The summed E-state index contributed by atoms with van der Waals surface area (Å²) in [4.78, 5) is 31.6. The molecule has 0 spiro atoms. The number of fused-ring (bicyclic) bond motifs is 1. The molecule has 1 atom stereocenters. The van der Waals surface area contributed by atoms with E-state index in [0.29, 0.717) is 23.1 Å². The lowest BCUT2D eigenvalue weighted by Crippen LogP contribution is -2.38. The molecule has 4 rings (SSSR count). The van der Waals surface area contributed by atoms with Crippen LogP contribution in [0, 0.1) is 6.92 Å². The van der Waals surface area contributed by atoms with Gasteiger partial charge in [0.2, 0.25) is 0 Å². The molecular formula is C17H19N5O2. The van der Waals surface area contributed by atoms with E-state index in [1.54, 1.807) is 18.2 Å². The maximum absolute atomic E-state index is 12.9. The molecule has 2 N–H and O–H groups in total. The summed E-state index contributed by atoms with van der Waals surface area (Å²) in [6, 6.07) is 5.42. The van der Waals surface area contributed by atoms with Gasteiger partial charge in [-0.2, -0.15) is 5.10 Å². The Kier molecular flexibility index (Phi) is 3.48. The number of aromatic amines is 2. The Bertz CT molecular complexity index is 951. The van der Waals surface area contributed by atoms with E-state index < -0.39 is 0 Å². The van der Waals surface area contributed by atoms with Crippen LogP contribution < -0.4 is 5.69 Å². The lowest BCUT2D eigenvalue weighted by Gasteiger charge is -2.24. The summed E-state index contributed by atoms with van der Waals surface area (Å²) in [6.07, 6.45) is 5.81. The van der Waals surface area contributed by atoms with Crippen LogP contribution in [0.4, 0.5) is 0 Å². The van der Waals surface area contributed by atoms with Gasteiger partial charge >= 0.3 is 5.69 Å². The highest BCUT2D eigenvalue weighted by Crippen LogP contribution is 2.22. The van der Waals surface area contributed by atoms with Crippen molar-refractivity contribution in [1.29, 1.82) is 0 Å². The minimum Gasteiger partial charge on any atom is -0.334 e. The van der Waals surface area contributed by atoms with Gasteiger partial charge in [-0.05, 0) is 43.5 Å². The smallest absolute Gasteiger partial charge is 0.323 e. The topological polar surface area (TPSA) is 86.8 Å². The molecule has 7 heteroatoms. The number of H-pyrrole nitrogens is 2. The predicted molar refractivity (Wildman–Crippen MR) is 89.9 cm³/mol. The second-order valence-electron chi connectivity index (χ2n) is 6.37. The molecule has 0 saturated carbocycles. The Balaban J connectivity index is 1.58. The van der Waals surface area contributed by atoms with Gasteiger partial charge < -0.3 is 14.9 Å². The number of nitrogens with zero attached hydrogens (tertiary/aromatic N) is 3. The minimum atomic E-state index is -0.261. The van der Waals surface area contributed by atoms with Crippen molar-refractivity contribution in [3.05, 3.63) is 52.2 Å². The number of hydrogen-bond acceptors (Lipinski definition) is 3. The van der Waals surface area contributed by atoms with Gasteiger partial charge in [0, 0.05) is 18.3 Å². The van der Waals surface area contributed by atoms with Crippen molar-refractivity contribution in [2.24, 2.45) is 0 Å². The first kappa shape index (κ1) is 14.7. The number of rotatable bonds is 3. The van der Waals surface area contributed by atoms with Gasteiger partial charge in [-0.25, -0.2) is 4.79 Å². The maximum Gasteiger partial charge on any atom is 0.323 e. The average molecular weight is 325 g/mol. The number of hydrogen-bond donors (Lipinski definition) is 2. The fourth-order valence-electron chi connectivity index (χ4n) is 3.41. The molecule has 1 amide bonds. The van der Waals surface area contributed by atoms with Crippen LogP contribution in [0.25, 0.3) is 11.0 Å². The van der Waals surface area contributed by atoms with Crippen molar-refractivity contribution >= 4 is 16.9 Å². The van der Waals surface area contributed by atoms with Gasteiger partial charge in [0.05, 0.1) is 29.8 Å². The Hall–Kier alpha value is -2.83. The van der Waals surface area contributed by atoms with Crippen LogP contribution in [0.3, 0.4) is 0 Å². The molecule has 0 aliphatic carbocycles. The number of carbonyl (C=O) groups is 1. The van der Waals surface area contributed by atoms with E-state index >= 15 is 0 Å². The van der Waals surface area contributed by atoms with Gasteiger partial charge in [-0.3, -0.25) is 9.48 Å². The summed E-state index contributed by atoms with van der Waals surface area (Å²) in [6.45, 7) is 3.47. The Morgan fingerprint density at radius 1 is 1.33 bits per heavy atom. The van der Waals surface area contributed by atoms with E-state index in [2.05, 4.69) is 15.1 Å². The fraction of sp³-hybridized carbons (Fsp3) is 0.353. The molecule has 24 heavy (non-hydrogen) atoms. The van der Waals surface area contributed by atoms with Crippen LogP contribution in [0.2, 0.25) is 0 Å². The van der Waals surface area contributed by atoms with E-state index in [-0.39, 0.29) is 17.6 Å². The normalized spacial score (nSPS) is 17.7. The quantitative estimate of drug-likeness (QED) is 0.768. The molecule has 3 aromatic rings. The largest absolute Gasteiger partial charge is 0.334 e. The first-order valence-electron chi connectivity index (χ1n) is 8.12. The Morgan fingerprint density at radius 3 is 2.96 bits per heavy atom. The van der Waals surface area contributed by atoms with E-state index in [1.165, 1.54) is 0 Å². The number of amides is 1. The molecular weight excluding hydrogens is 306 g/mol. The van der Waals surface area contributed by atoms with Crippen LogP contribution in [0.5, 0.6) is 0 Å². The van der Waals surface area contributed by atoms with Crippen LogP contribution in [0.1, 0.15) is 28.8 Å². The van der Waals surface area contributed by atoms with Gasteiger partial charge in [-0.1, -0.05) is 0 Å². The number of likely N-dealkylation sites (tertiary alicyclic amines) is 1. The number of aryl methyl sites for hydroxylation is 1. The summed E-state index contributed by atoms with van der Waals surface area (Å²) in [5.41, 5.74) is 2.82. The molecule has 1 aromatic carbocycles. The van der Waals surface area contributed by atoms with Gasteiger partial charge in [0.25, 0.3) is 5.91 Å². The summed E-state index contributed by atoms with van der Waals surface area (Å²) >= 11 is 0. The molecule has 1 aliphatic heterocycles. The van der Waals surface area contributed by atoms with Crippen molar-refractivity contribution < 1.29 is 4.79 Å². The molecule has 124 valence electrons. The molecule has 0 unspecified atom stereocenters. The van der Waals surface area contributed by atoms with Crippen LogP contribution in [0.15, 0.2) is 35.4 Å². The van der Waals surface area contributed by atoms with E-state index in [1.807, 2.05) is 28.9 Å². The van der Waals surface area contributed by atoms with Crippen molar-refractivity contribution in [2.75, 3.05) is 6.54 Å². The zero-order chi connectivity index (χ0) is 16.7. The third-order valence-corrected chi connectivity index (χ3v) is 4.56. The zero-order valence-electron chi connectivity index (χ0n) is 13.5. The predicted octanol–water partition coefficient (Wildman–Crippen LogP) is 1.67. The molecule has 2 aromatic heterocycles. The number of carbonyl (C=O) groups excluding carboxylic acids is 1. The van der Waals surface area contributed by atoms with Crippen LogP contribution in [-0.2, 0) is 6.54 Å². The van der Waals surface area contributed by atoms with Crippen molar-refractivity contribution in [3.8, 4) is 0 Å². The third-order valence-electron chi connectivity index (χ3n) is 4.56. The molecule has 1 fully saturated rings. The highest BCUT2D eigenvalue weighted by atomic mass is 16.2. The summed E-state index contributed by atoms with van der Waals surface area (Å²) in [5, 5.41) is 4.32. The van der Waals surface area contributed by atoms with E-state index in [4.69, 9.17) is 0 Å². The molecule has 7 nitrogen and oxygen atoms in total. The zero-order valence-corrected chi connectivity index (χ0v) is 13.5. The fourth-order valence-corrected chi connectivity index (χ4v) is 3.41. The Morgan fingerprint density at radius 2 is 2.17 bits per heavy atom. The second kappa shape index (κ2) is 5.67. The SMILES string of the molecule is Cc1cnn(C[C@@H]2CCCN2C(=O)c2ccc3[nH]c(=O)[nH]c3c2)c1. The van der Waals surface area contributed by atoms with Crippen LogP contribution in [-0.4, -0.2) is 43.1 Å². The first-order chi connectivity index (χ1) is 11.6. The van der Waals surface area contributed by atoms with Crippen molar-refractivity contribution in [3.63, 3.8) is 0 Å². The lowest BCUT2D eigenvalue weighted by molar-refractivity contribution is 0.0722. The number of benzene rings is 1. The monoisotopic (exact) mass is 325 g/mol. The summed E-state index contributed by atoms with van der Waals surface area (Å²) < 4.78 is 1.90. The molecule has 1 saturated heterocycles. The van der Waals surface area contributed by atoms with Crippen LogP contribution >= 0.6 is 0 Å². The summed E-state index contributed by atoms with van der Waals surface area (Å²) in [5.74, 6) is 0.00493. The number of nitrogens with one attached hydrogen (secondary N) is 2. The van der Waals surface area contributed by atoms with E-state index in [0.717, 1.165) is 24.9 Å². The molecule has 0 radical (unpaired) electrons. The Labute approximate surface area is 138 Å². The second-order valence-corrected chi connectivity index (χ2v) is 6.37. The molecule has 0 bridgehead atoms. The highest BCUT2D eigenvalue weighted by molar-refractivity contribution is 5.97. The average Bonchev–Trinajstić information content (AvgIpc) is 3.25. The van der Waals surface area contributed by atoms with E-state index in [9.17, 15) is 9.59 Å². The molecule has 3 heterocycles. The van der Waals surface area contributed by atoms with Gasteiger partial charge in [0.1, 0.15) is 0 Å². The minimum absolute atomic E-state index is 0.00493.